The van der Waals surface area contributed by atoms with Crippen molar-refractivity contribution in [3.63, 3.8) is 0 Å². The first-order chi connectivity index (χ1) is 14.8. The molecule has 1 heterocycles. The minimum absolute atomic E-state index is 0.0486. The summed E-state index contributed by atoms with van der Waals surface area (Å²) in [5.74, 6) is 0.0411. The third kappa shape index (κ3) is 6.12. The van der Waals surface area contributed by atoms with E-state index < -0.39 is 12.1 Å². The average molecular weight is 420 g/mol. The zero-order valence-electron chi connectivity index (χ0n) is 17.7. The fourth-order valence-corrected chi connectivity index (χ4v) is 2.95. The number of hydrogen-bond donors (Lipinski definition) is 1. The first-order valence-corrected chi connectivity index (χ1v) is 9.95. The molecule has 1 aromatic heterocycles. The second-order valence-electron chi connectivity index (χ2n) is 7.24. The van der Waals surface area contributed by atoms with E-state index in [9.17, 15) is 14.4 Å². The topological polar surface area (TPSA) is 98.5 Å². The van der Waals surface area contributed by atoms with Crippen molar-refractivity contribution >= 4 is 23.3 Å². The number of esters is 1. The molecule has 1 unspecified atom stereocenters. The highest BCUT2D eigenvalue weighted by molar-refractivity contribution is 6.00. The van der Waals surface area contributed by atoms with E-state index in [1.165, 1.54) is 13.8 Å². The molecule has 0 radical (unpaired) electrons. The summed E-state index contributed by atoms with van der Waals surface area (Å²) in [6, 6.07) is 14.3. The first-order valence-electron chi connectivity index (χ1n) is 9.95. The SMILES string of the molecule is CC(=O)Nc1ccc(C(=O)C(C)OC(=O)CCc2ncc(-c3ccc(C)cc3)o2)cc1. The number of nitrogens with zero attached hydrogens (tertiary/aromatic N) is 1. The number of nitrogens with one attached hydrogen (secondary N) is 1. The van der Waals surface area contributed by atoms with Crippen molar-refractivity contribution in [2.75, 3.05) is 5.32 Å². The molecule has 3 aromatic rings. The summed E-state index contributed by atoms with van der Waals surface area (Å²) < 4.78 is 11.0. The number of Topliss-reactive ketones (excluding diaryl/α,β-unsaturated/α-hetero) is 1. The summed E-state index contributed by atoms with van der Waals surface area (Å²) in [7, 11) is 0. The van der Waals surface area contributed by atoms with Crippen molar-refractivity contribution in [3.8, 4) is 11.3 Å². The molecule has 1 N–H and O–H groups in total. The van der Waals surface area contributed by atoms with Gasteiger partial charge in [0.25, 0.3) is 0 Å². The molecule has 1 amide bonds. The zero-order chi connectivity index (χ0) is 22.4. The molecule has 0 bridgehead atoms. The molecular weight excluding hydrogens is 396 g/mol. The number of oxazole rings is 1. The number of amides is 1. The minimum atomic E-state index is -0.924. The molecule has 0 aliphatic heterocycles. The molecule has 0 saturated heterocycles. The van der Waals surface area contributed by atoms with Crippen molar-refractivity contribution in [1.29, 1.82) is 0 Å². The maximum atomic E-state index is 12.5. The number of ketones is 1. The molecule has 160 valence electrons. The van der Waals surface area contributed by atoms with Crippen LogP contribution in [0.2, 0.25) is 0 Å². The van der Waals surface area contributed by atoms with Crippen LogP contribution in [-0.4, -0.2) is 28.7 Å². The number of benzene rings is 2. The molecule has 3 rings (SSSR count). The number of aromatic nitrogens is 1. The third-order valence-electron chi connectivity index (χ3n) is 4.60. The third-order valence-corrected chi connectivity index (χ3v) is 4.60. The van der Waals surface area contributed by atoms with E-state index in [1.807, 2.05) is 31.2 Å². The lowest BCUT2D eigenvalue weighted by molar-refractivity contribution is -0.146. The van der Waals surface area contributed by atoms with Gasteiger partial charge in [0.15, 0.2) is 17.8 Å². The Morgan fingerprint density at radius 3 is 2.39 bits per heavy atom. The standard InChI is InChI=1S/C24H24N2O5/c1-15-4-6-18(7-5-15)21-14-25-22(31-21)12-13-23(28)30-16(2)24(29)19-8-10-20(11-9-19)26-17(3)27/h4-11,14,16H,12-13H2,1-3H3,(H,26,27). The molecule has 0 aliphatic rings. The molecule has 7 nitrogen and oxygen atoms in total. The lowest BCUT2D eigenvalue weighted by atomic mass is 10.1. The van der Waals surface area contributed by atoms with Gasteiger partial charge in [0.05, 0.1) is 12.6 Å². The van der Waals surface area contributed by atoms with Gasteiger partial charge in [-0.3, -0.25) is 14.4 Å². The Kier molecular flexibility index (Phi) is 6.97. The lowest BCUT2D eigenvalue weighted by Crippen LogP contribution is -2.24. The van der Waals surface area contributed by atoms with Crippen molar-refractivity contribution in [1.82, 2.24) is 4.98 Å². The summed E-state index contributed by atoms with van der Waals surface area (Å²) in [6.45, 7) is 4.94. The number of aryl methyl sites for hydroxylation is 2. The van der Waals surface area contributed by atoms with Crippen LogP contribution in [0.3, 0.4) is 0 Å². The number of anilines is 1. The Morgan fingerprint density at radius 1 is 1.06 bits per heavy atom. The molecule has 0 aliphatic carbocycles. The maximum Gasteiger partial charge on any atom is 0.307 e. The van der Waals surface area contributed by atoms with E-state index in [1.54, 1.807) is 30.5 Å². The number of carbonyl (C=O) groups excluding carboxylic acids is 3. The Bertz CT molecular complexity index is 1070. The number of carbonyl (C=O) groups is 3. The van der Waals surface area contributed by atoms with Gasteiger partial charge < -0.3 is 14.5 Å². The summed E-state index contributed by atoms with van der Waals surface area (Å²) >= 11 is 0. The van der Waals surface area contributed by atoms with Crippen LogP contribution in [0.4, 0.5) is 5.69 Å². The van der Waals surface area contributed by atoms with Crippen LogP contribution in [-0.2, 0) is 20.7 Å². The van der Waals surface area contributed by atoms with Gasteiger partial charge in [-0.1, -0.05) is 29.8 Å². The fourth-order valence-electron chi connectivity index (χ4n) is 2.95. The first kappa shape index (κ1) is 22.0. The normalized spacial score (nSPS) is 11.6. The summed E-state index contributed by atoms with van der Waals surface area (Å²) in [6.07, 6.45) is 1.03. The minimum Gasteiger partial charge on any atom is -0.454 e. The van der Waals surface area contributed by atoms with Crippen LogP contribution in [0.1, 0.15) is 42.1 Å². The highest BCUT2D eigenvalue weighted by Crippen LogP contribution is 2.21. The average Bonchev–Trinajstić information content (AvgIpc) is 3.21. The molecule has 2 aromatic carbocycles. The summed E-state index contributed by atoms with van der Waals surface area (Å²) in [5.41, 5.74) is 3.05. The van der Waals surface area contributed by atoms with Gasteiger partial charge in [-0.15, -0.1) is 0 Å². The fraction of sp³-hybridized carbons (Fsp3) is 0.250. The number of hydrogen-bond acceptors (Lipinski definition) is 6. The quantitative estimate of drug-likeness (QED) is 0.430. The van der Waals surface area contributed by atoms with E-state index in [2.05, 4.69) is 10.3 Å². The van der Waals surface area contributed by atoms with Crippen molar-refractivity contribution in [2.45, 2.75) is 39.7 Å². The van der Waals surface area contributed by atoms with Crippen LogP contribution in [0.25, 0.3) is 11.3 Å². The predicted molar refractivity (Wildman–Crippen MR) is 116 cm³/mol. The molecule has 7 heteroatoms. The van der Waals surface area contributed by atoms with Gasteiger partial charge in [-0.05, 0) is 38.1 Å². The molecule has 0 fully saturated rings. The van der Waals surface area contributed by atoms with Crippen LogP contribution in [0.15, 0.2) is 59.1 Å². The van der Waals surface area contributed by atoms with E-state index >= 15 is 0 Å². The highest BCUT2D eigenvalue weighted by Gasteiger charge is 2.20. The molecule has 0 saturated carbocycles. The Balaban J connectivity index is 1.50. The Hall–Kier alpha value is -3.74. The maximum absolute atomic E-state index is 12.5. The van der Waals surface area contributed by atoms with Crippen molar-refractivity contribution in [2.24, 2.45) is 0 Å². The molecule has 1 atom stereocenters. The van der Waals surface area contributed by atoms with Gasteiger partial charge in [0.1, 0.15) is 0 Å². The molecular formula is C24H24N2O5. The number of ether oxygens (including phenoxy) is 1. The van der Waals surface area contributed by atoms with Gasteiger partial charge in [-0.25, -0.2) is 4.98 Å². The van der Waals surface area contributed by atoms with Crippen LogP contribution >= 0.6 is 0 Å². The van der Waals surface area contributed by atoms with Crippen molar-refractivity contribution < 1.29 is 23.5 Å². The predicted octanol–water partition coefficient (Wildman–Crippen LogP) is 4.36. The van der Waals surface area contributed by atoms with E-state index in [0.717, 1.165) is 11.1 Å². The Labute approximate surface area is 180 Å². The zero-order valence-corrected chi connectivity index (χ0v) is 17.7. The summed E-state index contributed by atoms with van der Waals surface area (Å²) in [5, 5.41) is 2.63. The molecule has 31 heavy (non-hydrogen) atoms. The second kappa shape index (κ2) is 9.84. The van der Waals surface area contributed by atoms with E-state index in [-0.39, 0.29) is 24.5 Å². The van der Waals surface area contributed by atoms with E-state index in [0.29, 0.717) is 22.9 Å². The van der Waals surface area contributed by atoms with Gasteiger partial charge in [0.2, 0.25) is 11.7 Å². The van der Waals surface area contributed by atoms with E-state index in [4.69, 9.17) is 9.15 Å². The monoisotopic (exact) mass is 420 g/mol. The van der Waals surface area contributed by atoms with Gasteiger partial charge in [0, 0.05) is 30.2 Å². The Morgan fingerprint density at radius 2 is 1.74 bits per heavy atom. The van der Waals surface area contributed by atoms with Crippen LogP contribution in [0, 0.1) is 6.92 Å². The van der Waals surface area contributed by atoms with Crippen LogP contribution < -0.4 is 5.32 Å². The molecule has 0 spiro atoms. The highest BCUT2D eigenvalue weighted by atomic mass is 16.5. The largest absolute Gasteiger partial charge is 0.454 e. The van der Waals surface area contributed by atoms with Crippen molar-refractivity contribution in [3.05, 3.63) is 71.7 Å². The van der Waals surface area contributed by atoms with Gasteiger partial charge in [-0.2, -0.15) is 0 Å². The number of rotatable bonds is 8. The lowest BCUT2D eigenvalue weighted by Gasteiger charge is -2.12. The summed E-state index contributed by atoms with van der Waals surface area (Å²) in [4.78, 5) is 39.9. The van der Waals surface area contributed by atoms with Crippen LogP contribution in [0.5, 0.6) is 0 Å². The smallest absolute Gasteiger partial charge is 0.307 e. The van der Waals surface area contributed by atoms with Gasteiger partial charge >= 0.3 is 5.97 Å². The second-order valence-corrected chi connectivity index (χ2v) is 7.24.